The van der Waals surface area contributed by atoms with E-state index in [4.69, 9.17) is 0 Å². The second kappa shape index (κ2) is 6.64. The van der Waals surface area contributed by atoms with E-state index in [0.29, 0.717) is 17.6 Å². The molecule has 0 bridgehead atoms. The summed E-state index contributed by atoms with van der Waals surface area (Å²) in [4.78, 5) is 32.2. The molecule has 2 aromatic heterocycles. The molecule has 1 amide bonds. The highest BCUT2D eigenvalue weighted by Crippen LogP contribution is 2.33. The highest BCUT2D eigenvalue weighted by Gasteiger charge is 2.22. The number of nitrogens with one attached hydrogen (secondary N) is 1. The number of nitrogens with zero attached hydrogens (tertiary/aromatic N) is 2. The van der Waals surface area contributed by atoms with Crippen LogP contribution in [0.1, 0.15) is 46.4 Å². The average molecular weight is 371 g/mol. The van der Waals surface area contributed by atoms with Crippen molar-refractivity contribution in [2.24, 2.45) is 0 Å². The Morgan fingerprint density at radius 1 is 1.35 bits per heavy atom. The molecule has 5 nitrogen and oxygen atoms in total. The first-order chi connectivity index (χ1) is 12.6. The molecule has 4 rings (SSSR count). The van der Waals surface area contributed by atoms with E-state index < -0.39 is 11.7 Å². The first-order valence-corrected chi connectivity index (χ1v) is 9.53. The number of thiophene rings is 1. The first-order valence-electron chi connectivity index (χ1n) is 8.71. The number of halogens is 1. The van der Waals surface area contributed by atoms with Crippen LogP contribution < -0.4 is 11.0 Å². The van der Waals surface area contributed by atoms with Crippen LogP contribution in [0.15, 0.2) is 29.1 Å². The number of fused-ring (bicyclic) bond motifs is 3. The summed E-state index contributed by atoms with van der Waals surface area (Å²) in [7, 11) is 0. The summed E-state index contributed by atoms with van der Waals surface area (Å²) in [6.45, 7) is 1.88. The molecule has 0 atom stereocenters. The Morgan fingerprint density at radius 2 is 2.15 bits per heavy atom. The van der Waals surface area contributed by atoms with Gasteiger partial charge in [-0.05, 0) is 49.4 Å². The van der Waals surface area contributed by atoms with Crippen LogP contribution in [0.3, 0.4) is 0 Å². The molecular weight excluding hydrogens is 353 g/mol. The van der Waals surface area contributed by atoms with Crippen molar-refractivity contribution in [2.75, 3.05) is 5.43 Å². The summed E-state index contributed by atoms with van der Waals surface area (Å²) in [5.74, 6) is -0.543. The molecule has 0 fully saturated rings. The summed E-state index contributed by atoms with van der Waals surface area (Å²) in [6.07, 6.45) is 4.54. The van der Waals surface area contributed by atoms with Crippen molar-refractivity contribution in [3.05, 3.63) is 62.3 Å². The van der Waals surface area contributed by atoms with Crippen molar-refractivity contribution >= 4 is 27.5 Å². The number of rotatable bonds is 3. The Balaban J connectivity index is 1.82. The zero-order chi connectivity index (χ0) is 18.3. The number of aromatic nitrogens is 2. The summed E-state index contributed by atoms with van der Waals surface area (Å²) in [6, 6.07) is 5.38. The Hall–Kier alpha value is -2.54. The Kier molecular flexibility index (Phi) is 4.32. The largest absolute Gasteiger partial charge is 0.281 e. The van der Waals surface area contributed by atoms with Gasteiger partial charge < -0.3 is 0 Å². The lowest BCUT2D eigenvalue weighted by molar-refractivity contribution is 0.101. The van der Waals surface area contributed by atoms with E-state index in [1.54, 1.807) is 11.3 Å². The predicted molar refractivity (Wildman–Crippen MR) is 100.0 cm³/mol. The quantitative estimate of drug-likeness (QED) is 0.767. The molecule has 1 aromatic carbocycles. The van der Waals surface area contributed by atoms with Crippen molar-refractivity contribution < 1.29 is 9.18 Å². The molecule has 0 saturated carbocycles. The highest BCUT2D eigenvalue weighted by atomic mass is 32.1. The van der Waals surface area contributed by atoms with Crippen LogP contribution in [0.5, 0.6) is 0 Å². The van der Waals surface area contributed by atoms with Gasteiger partial charge in [0.15, 0.2) is 0 Å². The number of carbonyl (C=O) groups is 1. The van der Waals surface area contributed by atoms with Gasteiger partial charge in [0.1, 0.15) is 16.5 Å². The number of hydrogen-bond acceptors (Lipinski definition) is 4. The zero-order valence-electron chi connectivity index (χ0n) is 14.3. The molecule has 0 radical (unpaired) electrons. The van der Waals surface area contributed by atoms with E-state index in [0.717, 1.165) is 42.1 Å². The van der Waals surface area contributed by atoms with Gasteiger partial charge in [-0.1, -0.05) is 13.0 Å². The zero-order valence-corrected chi connectivity index (χ0v) is 15.2. The fourth-order valence-electron chi connectivity index (χ4n) is 3.40. The number of carbonyl (C=O) groups excluding carboxylic acids is 1. The number of amides is 1. The van der Waals surface area contributed by atoms with Crippen molar-refractivity contribution in [3.8, 4) is 0 Å². The van der Waals surface area contributed by atoms with Gasteiger partial charge in [-0.25, -0.2) is 14.1 Å². The Labute approximate surface area is 153 Å². The average Bonchev–Trinajstić information content (AvgIpc) is 3.02. The van der Waals surface area contributed by atoms with Gasteiger partial charge in [0.05, 0.1) is 5.39 Å². The molecule has 26 heavy (non-hydrogen) atoms. The van der Waals surface area contributed by atoms with Crippen LogP contribution in [0, 0.1) is 5.82 Å². The Bertz CT molecular complexity index is 1070. The third-order valence-corrected chi connectivity index (χ3v) is 5.86. The van der Waals surface area contributed by atoms with Crippen LogP contribution in [-0.4, -0.2) is 15.6 Å². The molecule has 0 saturated heterocycles. The maximum atomic E-state index is 13.4. The van der Waals surface area contributed by atoms with Gasteiger partial charge in [0.2, 0.25) is 0 Å². The molecule has 3 aromatic rings. The van der Waals surface area contributed by atoms with Gasteiger partial charge in [0.25, 0.3) is 11.5 Å². The molecule has 1 N–H and O–H groups in total. The smallest absolute Gasteiger partial charge is 0.267 e. The van der Waals surface area contributed by atoms with Crippen molar-refractivity contribution in [3.63, 3.8) is 0 Å². The molecule has 0 aliphatic heterocycles. The standard InChI is InChI=1S/C19H18FN3O2S/c1-2-15-21-18-16(13-8-3-4-9-14(13)26-18)19(25)23(15)22-17(24)11-6-5-7-12(20)10-11/h5-7,10H,2-4,8-9H2,1H3,(H,22,24). The topological polar surface area (TPSA) is 64.0 Å². The lowest BCUT2D eigenvalue weighted by atomic mass is 9.97. The van der Waals surface area contributed by atoms with Gasteiger partial charge >= 0.3 is 0 Å². The lowest BCUT2D eigenvalue weighted by Gasteiger charge is -2.14. The fourth-order valence-corrected chi connectivity index (χ4v) is 4.67. The minimum Gasteiger partial charge on any atom is -0.267 e. The normalized spacial score (nSPS) is 13.6. The third kappa shape index (κ3) is 2.82. The summed E-state index contributed by atoms with van der Waals surface area (Å²) in [5, 5.41) is 0.612. The van der Waals surface area contributed by atoms with Crippen LogP contribution in [0.25, 0.3) is 10.2 Å². The van der Waals surface area contributed by atoms with Gasteiger partial charge in [-0.15, -0.1) is 11.3 Å². The van der Waals surface area contributed by atoms with Crippen LogP contribution >= 0.6 is 11.3 Å². The Morgan fingerprint density at radius 3 is 2.92 bits per heavy atom. The van der Waals surface area contributed by atoms with Crippen LogP contribution in [-0.2, 0) is 19.3 Å². The third-order valence-electron chi connectivity index (χ3n) is 4.67. The number of benzene rings is 1. The number of hydrogen-bond donors (Lipinski definition) is 1. The van der Waals surface area contributed by atoms with E-state index in [9.17, 15) is 14.0 Å². The SMILES string of the molecule is CCc1nc2sc3c(c2c(=O)n1NC(=O)c1cccc(F)c1)CCCC3. The maximum absolute atomic E-state index is 13.4. The van der Waals surface area contributed by atoms with Crippen LogP contribution in [0.4, 0.5) is 4.39 Å². The minimum absolute atomic E-state index is 0.159. The van der Waals surface area contributed by atoms with E-state index >= 15 is 0 Å². The van der Waals surface area contributed by atoms with Crippen molar-refractivity contribution in [1.29, 1.82) is 0 Å². The maximum Gasteiger partial charge on any atom is 0.281 e. The lowest BCUT2D eigenvalue weighted by Crippen LogP contribution is -2.36. The van der Waals surface area contributed by atoms with E-state index in [2.05, 4.69) is 10.4 Å². The summed E-state index contributed by atoms with van der Waals surface area (Å²) >= 11 is 1.58. The van der Waals surface area contributed by atoms with Crippen LogP contribution in [0.2, 0.25) is 0 Å². The summed E-state index contributed by atoms with van der Waals surface area (Å²) in [5.41, 5.74) is 3.58. The molecule has 134 valence electrons. The molecule has 0 spiro atoms. The van der Waals surface area contributed by atoms with E-state index in [1.165, 1.54) is 27.8 Å². The second-order valence-corrected chi connectivity index (χ2v) is 7.45. The second-order valence-electron chi connectivity index (χ2n) is 6.36. The molecule has 7 heteroatoms. The highest BCUT2D eigenvalue weighted by molar-refractivity contribution is 7.18. The first kappa shape index (κ1) is 16.9. The molecule has 1 aliphatic rings. The number of aryl methyl sites for hydroxylation is 3. The molecular formula is C19H18FN3O2S. The van der Waals surface area contributed by atoms with E-state index in [-0.39, 0.29) is 11.1 Å². The molecule has 0 unspecified atom stereocenters. The van der Waals surface area contributed by atoms with E-state index in [1.807, 2.05) is 6.92 Å². The van der Waals surface area contributed by atoms with Gasteiger partial charge in [-0.3, -0.25) is 15.0 Å². The minimum atomic E-state index is -0.536. The summed E-state index contributed by atoms with van der Waals surface area (Å²) < 4.78 is 14.6. The molecule has 1 aliphatic carbocycles. The molecule has 2 heterocycles. The van der Waals surface area contributed by atoms with Gasteiger partial charge in [-0.2, -0.15) is 0 Å². The monoisotopic (exact) mass is 371 g/mol. The fraction of sp³-hybridized carbons (Fsp3) is 0.316. The van der Waals surface area contributed by atoms with Crippen molar-refractivity contribution in [2.45, 2.75) is 39.0 Å². The predicted octanol–water partition coefficient (Wildman–Crippen LogP) is 3.42. The van der Waals surface area contributed by atoms with Gasteiger partial charge in [0, 0.05) is 16.9 Å². The van der Waals surface area contributed by atoms with Crippen molar-refractivity contribution in [1.82, 2.24) is 9.66 Å².